The minimum atomic E-state index is -0.0899. The second-order valence-electron chi connectivity index (χ2n) is 4.10. The van der Waals surface area contributed by atoms with E-state index in [2.05, 4.69) is 30.1 Å². The molecule has 0 heterocycles. The number of benzene rings is 1. The van der Waals surface area contributed by atoms with Gasteiger partial charge in [-0.2, -0.15) is 12.6 Å². The summed E-state index contributed by atoms with van der Waals surface area (Å²) in [6, 6.07) is 6.15. The predicted molar refractivity (Wildman–Crippen MR) is 69.8 cm³/mol. The van der Waals surface area contributed by atoms with Gasteiger partial charge in [-0.05, 0) is 54.9 Å². The second-order valence-corrected chi connectivity index (χ2v) is 4.36. The lowest BCUT2D eigenvalue weighted by Gasteiger charge is -2.07. The molecule has 2 nitrogen and oxygen atoms in total. The van der Waals surface area contributed by atoms with Gasteiger partial charge in [0, 0.05) is 11.3 Å². The molecular formula is C13H15NOS. The molecule has 84 valence electrons. The van der Waals surface area contributed by atoms with Crippen molar-refractivity contribution in [3.63, 3.8) is 0 Å². The lowest BCUT2D eigenvalue weighted by molar-refractivity contribution is -0.112. The average molecular weight is 233 g/mol. The van der Waals surface area contributed by atoms with Gasteiger partial charge in [-0.1, -0.05) is 6.07 Å². The number of hydrogen-bond donors (Lipinski definition) is 2. The first-order valence-corrected chi connectivity index (χ1v) is 5.96. The molecule has 0 saturated heterocycles. The van der Waals surface area contributed by atoms with Crippen LogP contribution in [0, 0.1) is 0 Å². The van der Waals surface area contributed by atoms with Crippen molar-refractivity contribution in [1.82, 2.24) is 0 Å². The highest BCUT2D eigenvalue weighted by Crippen LogP contribution is 2.25. The van der Waals surface area contributed by atoms with Crippen molar-refractivity contribution < 1.29 is 4.79 Å². The fourth-order valence-corrected chi connectivity index (χ4v) is 2.06. The van der Waals surface area contributed by atoms with Crippen LogP contribution in [0.4, 0.5) is 5.69 Å². The summed E-state index contributed by atoms with van der Waals surface area (Å²) >= 11 is 3.96. The van der Waals surface area contributed by atoms with Crippen molar-refractivity contribution in [2.75, 3.05) is 5.32 Å². The van der Waals surface area contributed by atoms with E-state index in [1.807, 2.05) is 6.07 Å². The van der Waals surface area contributed by atoms with Gasteiger partial charge in [0.1, 0.15) is 0 Å². The van der Waals surface area contributed by atoms with Crippen LogP contribution in [0.1, 0.15) is 24.5 Å². The molecule has 1 aromatic carbocycles. The summed E-state index contributed by atoms with van der Waals surface area (Å²) in [5, 5.41) is 4.38. The number of anilines is 1. The number of amides is 1. The zero-order valence-electron chi connectivity index (χ0n) is 9.29. The van der Waals surface area contributed by atoms with Gasteiger partial charge >= 0.3 is 0 Å². The van der Waals surface area contributed by atoms with Crippen LogP contribution < -0.4 is 5.32 Å². The lowest BCUT2D eigenvalue weighted by Crippen LogP contribution is -2.12. The van der Waals surface area contributed by atoms with Crippen LogP contribution in [0.2, 0.25) is 0 Å². The van der Waals surface area contributed by atoms with E-state index in [-0.39, 0.29) is 5.91 Å². The summed E-state index contributed by atoms with van der Waals surface area (Å²) in [6.45, 7) is 1.75. The number of aryl methyl sites for hydroxylation is 2. The molecule has 0 unspecified atom stereocenters. The summed E-state index contributed by atoms with van der Waals surface area (Å²) in [4.78, 5) is 11.6. The molecule has 0 spiro atoms. The maximum atomic E-state index is 11.6. The fraction of sp³-hybridized carbons (Fsp3) is 0.308. The molecule has 0 radical (unpaired) electrons. The molecule has 2 rings (SSSR count). The quantitative estimate of drug-likeness (QED) is 0.597. The van der Waals surface area contributed by atoms with Crippen LogP contribution in [-0.2, 0) is 17.6 Å². The first kappa shape index (κ1) is 11.3. The third-order valence-electron chi connectivity index (χ3n) is 2.91. The normalized spacial score (nSPS) is 14.8. The van der Waals surface area contributed by atoms with Crippen molar-refractivity contribution >= 4 is 24.2 Å². The molecule has 3 heteroatoms. The maximum absolute atomic E-state index is 11.6. The largest absolute Gasteiger partial charge is 0.322 e. The Morgan fingerprint density at radius 1 is 1.38 bits per heavy atom. The van der Waals surface area contributed by atoms with Crippen LogP contribution >= 0.6 is 12.6 Å². The number of nitrogens with one attached hydrogen (secondary N) is 1. The number of hydrogen-bond acceptors (Lipinski definition) is 2. The van der Waals surface area contributed by atoms with Gasteiger partial charge in [0.05, 0.1) is 0 Å². The third-order valence-corrected chi connectivity index (χ3v) is 3.30. The van der Waals surface area contributed by atoms with E-state index in [0.717, 1.165) is 12.1 Å². The van der Waals surface area contributed by atoms with Crippen molar-refractivity contribution in [3.05, 3.63) is 40.3 Å². The first-order chi connectivity index (χ1) is 7.70. The molecule has 1 N–H and O–H groups in total. The van der Waals surface area contributed by atoms with Crippen LogP contribution in [0.3, 0.4) is 0 Å². The van der Waals surface area contributed by atoms with E-state index in [9.17, 15) is 4.79 Å². The van der Waals surface area contributed by atoms with Crippen LogP contribution in [0.25, 0.3) is 0 Å². The van der Waals surface area contributed by atoms with Gasteiger partial charge < -0.3 is 5.32 Å². The standard InChI is InChI=1S/C13H15NOS/c1-9(8-16)13(15)14-12-6-5-10-3-2-4-11(10)7-12/h5-8,16H,2-4H2,1H3,(H,14,15)/b9-8+. The third kappa shape index (κ3) is 2.30. The van der Waals surface area contributed by atoms with Crippen molar-refractivity contribution in [3.8, 4) is 0 Å². The minimum absolute atomic E-state index is 0.0899. The fourth-order valence-electron chi connectivity index (χ4n) is 1.94. The van der Waals surface area contributed by atoms with E-state index in [1.165, 1.54) is 29.4 Å². The Kier molecular flexibility index (Phi) is 3.34. The average Bonchev–Trinajstić information content (AvgIpc) is 2.75. The Balaban J connectivity index is 2.14. The van der Waals surface area contributed by atoms with Crippen molar-refractivity contribution in [2.45, 2.75) is 26.2 Å². The number of rotatable bonds is 2. The summed E-state index contributed by atoms with van der Waals surface area (Å²) in [5.74, 6) is -0.0899. The second kappa shape index (κ2) is 4.74. The Hall–Kier alpha value is -1.22. The summed E-state index contributed by atoms with van der Waals surface area (Å²) in [6.07, 6.45) is 3.52. The molecule has 0 aliphatic heterocycles. The highest BCUT2D eigenvalue weighted by molar-refractivity contribution is 7.83. The van der Waals surface area contributed by atoms with E-state index in [4.69, 9.17) is 0 Å². The minimum Gasteiger partial charge on any atom is -0.322 e. The molecular weight excluding hydrogens is 218 g/mol. The maximum Gasteiger partial charge on any atom is 0.251 e. The smallest absolute Gasteiger partial charge is 0.251 e. The Morgan fingerprint density at radius 2 is 2.12 bits per heavy atom. The predicted octanol–water partition coefficient (Wildman–Crippen LogP) is 2.95. The van der Waals surface area contributed by atoms with Crippen LogP contribution in [0.15, 0.2) is 29.2 Å². The van der Waals surface area contributed by atoms with Crippen LogP contribution in [0.5, 0.6) is 0 Å². The zero-order valence-corrected chi connectivity index (χ0v) is 10.2. The van der Waals surface area contributed by atoms with Gasteiger partial charge in [-0.25, -0.2) is 0 Å². The van der Waals surface area contributed by atoms with E-state index >= 15 is 0 Å². The van der Waals surface area contributed by atoms with E-state index < -0.39 is 0 Å². The molecule has 1 aliphatic rings. The number of thiol groups is 1. The van der Waals surface area contributed by atoms with Gasteiger partial charge in [0.25, 0.3) is 5.91 Å². The summed E-state index contributed by atoms with van der Waals surface area (Å²) in [7, 11) is 0. The van der Waals surface area contributed by atoms with Crippen LogP contribution in [-0.4, -0.2) is 5.91 Å². The van der Waals surface area contributed by atoms with Gasteiger partial charge in [0.2, 0.25) is 0 Å². The molecule has 16 heavy (non-hydrogen) atoms. The topological polar surface area (TPSA) is 29.1 Å². The molecule has 0 bridgehead atoms. The number of carbonyl (C=O) groups is 1. The van der Waals surface area contributed by atoms with Crippen molar-refractivity contribution in [2.24, 2.45) is 0 Å². The molecule has 1 aromatic rings. The number of carbonyl (C=O) groups excluding carboxylic acids is 1. The van der Waals surface area contributed by atoms with E-state index in [0.29, 0.717) is 5.57 Å². The number of fused-ring (bicyclic) bond motifs is 1. The molecule has 0 atom stereocenters. The SMILES string of the molecule is C/C(=C\S)C(=O)Nc1ccc2c(c1)CCC2. The van der Waals surface area contributed by atoms with Crippen molar-refractivity contribution in [1.29, 1.82) is 0 Å². The highest BCUT2D eigenvalue weighted by Gasteiger charge is 2.11. The highest BCUT2D eigenvalue weighted by atomic mass is 32.1. The summed E-state index contributed by atoms with van der Waals surface area (Å²) < 4.78 is 0. The molecule has 1 aliphatic carbocycles. The molecule has 0 saturated carbocycles. The summed E-state index contributed by atoms with van der Waals surface area (Å²) in [5.41, 5.74) is 4.27. The monoisotopic (exact) mass is 233 g/mol. The first-order valence-electron chi connectivity index (χ1n) is 5.45. The zero-order chi connectivity index (χ0) is 11.5. The lowest BCUT2D eigenvalue weighted by atomic mass is 10.1. The molecule has 0 aromatic heterocycles. The van der Waals surface area contributed by atoms with E-state index in [1.54, 1.807) is 6.92 Å². The Bertz CT molecular complexity index is 451. The van der Waals surface area contributed by atoms with Gasteiger partial charge in [-0.3, -0.25) is 4.79 Å². The van der Waals surface area contributed by atoms with Gasteiger partial charge in [0.15, 0.2) is 0 Å². The molecule has 1 amide bonds. The Labute approximate surface area is 101 Å². The molecule has 0 fully saturated rings. The Morgan fingerprint density at radius 3 is 2.88 bits per heavy atom. The van der Waals surface area contributed by atoms with Gasteiger partial charge in [-0.15, -0.1) is 0 Å².